The molecule has 2 aromatic carbocycles. The number of piperazine rings is 1. The smallest absolute Gasteiger partial charge is 0.282 e. The summed E-state index contributed by atoms with van der Waals surface area (Å²) in [4.78, 5) is 32.6. The molecule has 0 atom stereocenters. The van der Waals surface area contributed by atoms with Crippen molar-refractivity contribution in [1.29, 1.82) is 0 Å². The van der Waals surface area contributed by atoms with Gasteiger partial charge in [-0.25, -0.2) is 4.90 Å². The number of benzene rings is 2. The molecule has 6 heteroatoms. The molecule has 6 nitrogen and oxygen atoms in total. The standard InChI is InChI=1S/C24H27N3O3/c1-17-8-9-20(16-18(17)2)27-23(29)21(19-6-4-3-5-7-19)22(24(27)30)26-12-10-25(11-13-26)14-15-28/h3-9,16,28H,10-15H2,1-2H3. The Kier molecular flexibility index (Phi) is 5.70. The number of rotatable bonds is 5. The molecule has 1 fully saturated rings. The van der Waals surface area contributed by atoms with Gasteiger partial charge >= 0.3 is 0 Å². The fraction of sp³-hybridized carbons (Fsp3) is 0.333. The first-order valence-corrected chi connectivity index (χ1v) is 10.3. The quantitative estimate of drug-likeness (QED) is 0.773. The van der Waals surface area contributed by atoms with Gasteiger partial charge in [-0.2, -0.15) is 0 Å². The number of aryl methyl sites for hydroxylation is 2. The van der Waals surface area contributed by atoms with Gasteiger partial charge in [-0.15, -0.1) is 0 Å². The van der Waals surface area contributed by atoms with E-state index >= 15 is 0 Å². The maximum absolute atomic E-state index is 13.6. The van der Waals surface area contributed by atoms with Crippen molar-refractivity contribution in [3.63, 3.8) is 0 Å². The topological polar surface area (TPSA) is 64.1 Å². The van der Waals surface area contributed by atoms with Crippen LogP contribution in [0.4, 0.5) is 5.69 Å². The van der Waals surface area contributed by atoms with Gasteiger partial charge in [0, 0.05) is 32.7 Å². The third-order valence-corrected chi connectivity index (χ3v) is 5.98. The summed E-state index contributed by atoms with van der Waals surface area (Å²) in [5.41, 5.74) is 4.47. The fourth-order valence-corrected chi connectivity index (χ4v) is 4.11. The van der Waals surface area contributed by atoms with Crippen LogP contribution in [0.15, 0.2) is 54.2 Å². The molecular weight excluding hydrogens is 378 g/mol. The van der Waals surface area contributed by atoms with Crippen LogP contribution in [0.5, 0.6) is 0 Å². The number of amides is 2. The van der Waals surface area contributed by atoms with Crippen molar-refractivity contribution in [3.05, 3.63) is 70.9 Å². The molecule has 0 aromatic heterocycles. The van der Waals surface area contributed by atoms with Gasteiger partial charge in [0.25, 0.3) is 11.8 Å². The summed E-state index contributed by atoms with van der Waals surface area (Å²) < 4.78 is 0. The van der Waals surface area contributed by atoms with E-state index in [4.69, 9.17) is 0 Å². The van der Waals surface area contributed by atoms with Gasteiger partial charge in [-0.3, -0.25) is 14.5 Å². The molecule has 2 amide bonds. The number of β-amino-alcohol motifs (C(OH)–C–C–N with tert-alkyl or cyclic N) is 1. The van der Waals surface area contributed by atoms with Crippen molar-refractivity contribution in [2.24, 2.45) is 0 Å². The molecule has 0 saturated carbocycles. The largest absolute Gasteiger partial charge is 0.395 e. The molecular formula is C24H27N3O3. The van der Waals surface area contributed by atoms with E-state index in [9.17, 15) is 14.7 Å². The molecule has 0 bridgehead atoms. The van der Waals surface area contributed by atoms with Crippen molar-refractivity contribution < 1.29 is 14.7 Å². The third-order valence-electron chi connectivity index (χ3n) is 5.98. The van der Waals surface area contributed by atoms with Crippen LogP contribution in [-0.4, -0.2) is 66.1 Å². The molecule has 156 valence electrons. The molecule has 2 aliphatic heterocycles. The average Bonchev–Trinajstić information content (AvgIpc) is 3.02. The second-order valence-electron chi connectivity index (χ2n) is 7.86. The number of imide groups is 1. The Morgan fingerprint density at radius 2 is 1.57 bits per heavy atom. The molecule has 30 heavy (non-hydrogen) atoms. The molecule has 2 aromatic rings. The monoisotopic (exact) mass is 405 g/mol. The van der Waals surface area contributed by atoms with E-state index in [0.29, 0.717) is 36.6 Å². The summed E-state index contributed by atoms with van der Waals surface area (Å²) in [7, 11) is 0. The Morgan fingerprint density at radius 1 is 0.867 bits per heavy atom. The zero-order valence-corrected chi connectivity index (χ0v) is 17.5. The molecule has 2 aliphatic rings. The van der Waals surface area contributed by atoms with Crippen molar-refractivity contribution in [2.45, 2.75) is 13.8 Å². The first-order valence-electron chi connectivity index (χ1n) is 10.3. The molecule has 4 rings (SSSR count). The Morgan fingerprint density at radius 3 is 2.20 bits per heavy atom. The lowest BCUT2D eigenvalue weighted by molar-refractivity contribution is -0.120. The van der Waals surface area contributed by atoms with Crippen LogP contribution >= 0.6 is 0 Å². The number of carbonyl (C=O) groups is 2. The van der Waals surface area contributed by atoms with Crippen LogP contribution in [0.1, 0.15) is 16.7 Å². The molecule has 0 unspecified atom stereocenters. The Balaban J connectivity index is 1.73. The lowest BCUT2D eigenvalue weighted by Crippen LogP contribution is -2.48. The third kappa shape index (κ3) is 3.64. The normalized spacial score (nSPS) is 18.0. The van der Waals surface area contributed by atoms with E-state index in [0.717, 1.165) is 29.8 Å². The molecule has 0 spiro atoms. The van der Waals surface area contributed by atoms with Crippen molar-refractivity contribution in [2.75, 3.05) is 44.2 Å². The first kappa shape index (κ1) is 20.3. The summed E-state index contributed by atoms with van der Waals surface area (Å²) in [5, 5.41) is 9.20. The zero-order valence-electron chi connectivity index (χ0n) is 17.5. The SMILES string of the molecule is Cc1ccc(N2C(=O)C(c3ccccc3)=C(N3CCN(CCO)CC3)C2=O)cc1C. The number of aliphatic hydroxyl groups excluding tert-OH is 1. The molecule has 0 radical (unpaired) electrons. The maximum Gasteiger partial charge on any atom is 0.282 e. The number of carbonyl (C=O) groups excluding carboxylic acids is 2. The van der Waals surface area contributed by atoms with Gasteiger partial charge in [-0.05, 0) is 42.7 Å². The highest BCUT2D eigenvalue weighted by Crippen LogP contribution is 2.35. The van der Waals surface area contributed by atoms with Gasteiger partial charge in [0.2, 0.25) is 0 Å². The highest BCUT2D eigenvalue weighted by atomic mass is 16.3. The Bertz CT molecular complexity index is 992. The number of nitrogens with zero attached hydrogens (tertiary/aromatic N) is 3. The lowest BCUT2D eigenvalue weighted by Gasteiger charge is -2.36. The van der Waals surface area contributed by atoms with Crippen molar-refractivity contribution in [3.8, 4) is 0 Å². The predicted molar refractivity (Wildman–Crippen MR) is 117 cm³/mol. The van der Waals surface area contributed by atoms with Crippen molar-refractivity contribution >= 4 is 23.1 Å². The van der Waals surface area contributed by atoms with E-state index < -0.39 is 0 Å². The van der Waals surface area contributed by atoms with Crippen LogP contribution in [-0.2, 0) is 9.59 Å². The summed E-state index contributed by atoms with van der Waals surface area (Å²) in [6.07, 6.45) is 0. The highest BCUT2D eigenvalue weighted by molar-refractivity contribution is 6.45. The van der Waals surface area contributed by atoms with E-state index in [1.165, 1.54) is 4.90 Å². The van der Waals surface area contributed by atoms with E-state index in [1.807, 2.05) is 67.3 Å². The number of hydrogen-bond donors (Lipinski definition) is 1. The first-order chi connectivity index (χ1) is 14.5. The Labute approximate surface area is 177 Å². The van der Waals surface area contributed by atoms with Gasteiger partial charge < -0.3 is 10.0 Å². The van der Waals surface area contributed by atoms with Gasteiger partial charge in [-0.1, -0.05) is 36.4 Å². The minimum absolute atomic E-state index is 0.121. The minimum atomic E-state index is -0.276. The average molecular weight is 405 g/mol. The zero-order chi connectivity index (χ0) is 21.3. The summed E-state index contributed by atoms with van der Waals surface area (Å²) in [5.74, 6) is -0.542. The predicted octanol–water partition coefficient (Wildman–Crippen LogP) is 2.20. The minimum Gasteiger partial charge on any atom is -0.395 e. The van der Waals surface area contributed by atoms with Crippen LogP contribution in [0.25, 0.3) is 5.57 Å². The molecule has 2 heterocycles. The van der Waals surface area contributed by atoms with Crippen LogP contribution in [0, 0.1) is 13.8 Å². The second-order valence-corrected chi connectivity index (χ2v) is 7.86. The summed E-state index contributed by atoms with van der Waals surface area (Å²) in [6.45, 7) is 7.52. The maximum atomic E-state index is 13.6. The van der Waals surface area contributed by atoms with Crippen LogP contribution < -0.4 is 4.90 Å². The molecule has 0 aliphatic carbocycles. The van der Waals surface area contributed by atoms with Crippen LogP contribution in [0.2, 0.25) is 0 Å². The van der Waals surface area contributed by atoms with Gasteiger partial charge in [0.1, 0.15) is 5.70 Å². The van der Waals surface area contributed by atoms with Crippen molar-refractivity contribution in [1.82, 2.24) is 9.80 Å². The van der Waals surface area contributed by atoms with Gasteiger partial charge in [0.15, 0.2) is 0 Å². The number of anilines is 1. The number of aliphatic hydroxyl groups is 1. The fourth-order valence-electron chi connectivity index (χ4n) is 4.11. The van der Waals surface area contributed by atoms with Crippen LogP contribution in [0.3, 0.4) is 0 Å². The highest BCUT2D eigenvalue weighted by Gasteiger charge is 2.43. The second kappa shape index (κ2) is 8.42. The summed E-state index contributed by atoms with van der Waals surface area (Å²) >= 11 is 0. The van der Waals surface area contributed by atoms with Gasteiger partial charge in [0.05, 0.1) is 17.9 Å². The summed E-state index contributed by atoms with van der Waals surface area (Å²) in [6, 6.07) is 15.1. The molecule has 1 saturated heterocycles. The molecule has 1 N–H and O–H groups in total. The van der Waals surface area contributed by atoms with E-state index in [-0.39, 0.29) is 18.4 Å². The van der Waals surface area contributed by atoms with E-state index in [2.05, 4.69) is 4.90 Å². The number of hydrogen-bond acceptors (Lipinski definition) is 5. The Hall–Kier alpha value is -2.96. The van der Waals surface area contributed by atoms with E-state index in [1.54, 1.807) is 0 Å². The lowest BCUT2D eigenvalue weighted by atomic mass is 10.0.